The first kappa shape index (κ1) is 50.8. The Morgan fingerprint density at radius 3 is 2.17 bits per heavy atom. The normalized spacial score (nSPS) is 18.6. The number of ether oxygens (including phenoxy) is 1. The molecule has 5 N–H and O–H groups in total. The number of aliphatic hydroxyl groups excluding tert-OH is 1. The van der Waals surface area contributed by atoms with Gasteiger partial charge in [0.25, 0.3) is 0 Å². The van der Waals surface area contributed by atoms with Crippen molar-refractivity contribution >= 4 is 62.0 Å². The fraction of sp³-hybridized carbons (Fsp3) is 0.411. The first-order chi connectivity index (χ1) is 34.5. The molecule has 0 saturated carbocycles. The molecule has 9 rings (SSSR count). The number of nitrogens with zero attached hydrogens (tertiary/aromatic N) is 4. The fourth-order valence-corrected chi connectivity index (χ4v) is 12.5. The summed E-state index contributed by atoms with van der Waals surface area (Å²) in [5.41, 5.74) is 7.44. The molecule has 1 spiro atoms. The number of aromatic hydroxyl groups is 2. The zero-order chi connectivity index (χ0) is 50.7. The van der Waals surface area contributed by atoms with Gasteiger partial charge < -0.3 is 45.4 Å². The number of amides is 3. The number of fused-ring (bicyclic) bond motifs is 1. The number of anilines is 1. The lowest BCUT2D eigenvalue weighted by atomic mass is 9.71. The predicted octanol–water partition coefficient (Wildman–Crippen LogP) is 8.15. The smallest absolute Gasteiger partial charge is 0.246 e. The van der Waals surface area contributed by atoms with Gasteiger partial charge in [-0.25, -0.2) is 4.98 Å². The lowest BCUT2D eigenvalue weighted by Crippen LogP contribution is -2.58. The van der Waals surface area contributed by atoms with Crippen molar-refractivity contribution in [2.45, 2.75) is 84.5 Å². The Morgan fingerprint density at radius 1 is 0.847 bits per heavy atom. The summed E-state index contributed by atoms with van der Waals surface area (Å²) >= 11 is 3.03. The maximum Gasteiger partial charge on any atom is 0.246 e. The number of hydrogen-bond donors (Lipinski definition) is 5. The molecule has 0 aliphatic carbocycles. The number of rotatable bonds is 15. The van der Waals surface area contributed by atoms with Crippen LogP contribution < -0.4 is 15.5 Å². The van der Waals surface area contributed by atoms with Gasteiger partial charge in [-0.1, -0.05) is 45.0 Å². The highest BCUT2D eigenvalue weighted by Gasteiger charge is 2.45. The number of thiophene rings is 1. The van der Waals surface area contributed by atoms with Crippen molar-refractivity contribution in [2.75, 3.05) is 57.4 Å². The Hall–Kier alpha value is -6.17. The predicted molar refractivity (Wildman–Crippen MR) is 282 cm³/mol. The molecule has 0 radical (unpaired) electrons. The lowest BCUT2D eigenvalue weighted by molar-refractivity contribution is -0.144. The van der Waals surface area contributed by atoms with Gasteiger partial charge in [0, 0.05) is 70.9 Å². The van der Waals surface area contributed by atoms with Crippen LogP contribution in [0.3, 0.4) is 0 Å². The number of aromatic nitrogens is 1. The second-order valence-electron chi connectivity index (χ2n) is 20.7. The Balaban J connectivity index is 0.711. The molecule has 3 unspecified atom stereocenters. The standard InChI is InChI=1S/C56H64N6O8S2/c1-35-50(71-34-58-35)38-7-5-36(6-8-38)31-57-53(68)45-29-43(65)32-62(45)54(69)52(55(2,3)4)59-47(66)33-70-28-27-60-23-19-56(20-24-60)21-25-61(26-22-56)40-13-9-37(10-14-40)49(67)48-44-18-17-42(64)30-46(44)72-51(48)39-11-15-41(63)16-12-39/h5-18,30,34,43,45,52,63-65H,19-29,31-33H2,1-4H3,(H,57,68)(H,59,66). The first-order valence-corrected chi connectivity index (χ1v) is 26.5. The monoisotopic (exact) mass is 1010 g/mol. The highest BCUT2D eigenvalue weighted by molar-refractivity contribution is 7.22. The van der Waals surface area contributed by atoms with Crippen LogP contribution in [0.2, 0.25) is 0 Å². The van der Waals surface area contributed by atoms with Gasteiger partial charge in [0.15, 0.2) is 5.78 Å². The van der Waals surface area contributed by atoms with Crippen LogP contribution in [-0.2, 0) is 25.7 Å². The zero-order valence-electron chi connectivity index (χ0n) is 41.4. The van der Waals surface area contributed by atoms with Gasteiger partial charge in [0.2, 0.25) is 17.7 Å². The van der Waals surface area contributed by atoms with E-state index in [2.05, 4.69) is 25.4 Å². The highest BCUT2D eigenvalue weighted by atomic mass is 32.1. The number of hydrogen-bond acceptors (Lipinski definition) is 13. The Bertz CT molecular complexity index is 2890. The van der Waals surface area contributed by atoms with E-state index in [-0.39, 0.29) is 54.7 Å². The van der Waals surface area contributed by atoms with Crippen molar-refractivity contribution in [3.05, 3.63) is 119 Å². The van der Waals surface area contributed by atoms with Crippen molar-refractivity contribution in [3.63, 3.8) is 0 Å². The van der Waals surface area contributed by atoms with E-state index in [0.29, 0.717) is 24.3 Å². The molecular weight excluding hydrogens is 949 g/mol. The SMILES string of the molecule is Cc1ncsc1-c1ccc(CNC(=O)C2CC(O)CN2C(=O)C(NC(=O)COCCN2CCC3(CC2)CCN(c2ccc(C(=O)c4c(-c5ccc(O)cc5)sc5cc(O)ccc45)cc2)CC3)C(C)(C)C)cc1. The van der Waals surface area contributed by atoms with E-state index in [1.807, 2.05) is 81.7 Å². The molecule has 3 atom stereocenters. The second-order valence-corrected chi connectivity index (χ2v) is 22.6. The van der Waals surface area contributed by atoms with E-state index in [4.69, 9.17) is 4.74 Å². The van der Waals surface area contributed by atoms with Crippen molar-refractivity contribution < 1.29 is 39.2 Å². The average Bonchev–Trinajstić information content (AvgIpc) is 4.10. The molecule has 6 aromatic rings. The van der Waals surface area contributed by atoms with Crippen LogP contribution in [0.25, 0.3) is 31.0 Å². The number of carbonyl (C=O) groups is 4. The summed E-state index contributed by atoms with van der Waals surface area (Å²) < 4.78 is 6.69. The van der Waals surface area contributed by atoms with Crippen LogP contribution >= 0.6 is 22.7 Å². The van der Waals surface area contributed by atoms with Crippen molar-refractivity contribution in [1.29, 1.82) is 0 Å². The highest BCUT2D eigenvalue weighted by Crippen LogP contribution is 2.44. The van der Waals surface area contributed by atoms with Crippen LogP contribution in [0.15, 0.2) is 96.5 Å². The van der Waals surface area contributed by atoms with Gasteiger partial charge in [-0.05, 0) is 140 Å². The van der Waals surface area contributed by atoms with E-state index in [0.717, 1.165) is 99.8 Å². The topological polar surface area (TPSA) is 185 Å². The van der Waals surface area contributed by atoms with E-state index in [1.54, 1.807) is 53.8 Å². The Labute approximate surface area is 428 Å². The average molecular weight is 1010 g/mol. The van der Waals surface area contributed by atoms with Crippen LogP contribution in [0, 0.1) is 17.8 Å². The number of thiazole rings is 1. The molecule has 16 heteroatoms. The zero-order valence-corrected chi connectivity index (χ0v) is 43.0. The van der Waals surface area contributed by atoms with E-state index < -0.39 is 35.4 Å². The van der Waals surface area contributed by atoms with Crippen LogP contribution in [0.4, 0.5) is 5.69 Å². The van der Waals surface area contributed by atoms with E-state index in [9.17, 15) is 34.5 Å². The van der Waals surface area contributed by atoms with Crippen molar-refractivity contribution in [1.82, 2.24) is 25.4 Å². The summed E-state index contributed by atoms with van der Waals surface area (Å²) in [5, 5.41) is 37.3. The molecule has 0 bridgehead atoms. The van der Waals surface area contributed by atoms with Gasteiger partial charge in [0.1, 0.15) is 30.2 Å². The molecule has 72 heavy (non-hydrogen) atoms. The molecule has 3 saturated heterocycles. The summed E-state index contributed by atoms with van der Waals surface area (Å²) in [6, 6.07) is 25.9. The number of β-amino-alcohol motifs (C(OH)–C–C–N with tert-alkyl or cyclic N) is 1. The summed E-state index contributed by atoms with van der Waals surface area (Å²) in [6.45, 7) is 12.5. The minimum atomic E-state index is -0.938. The number of carbonyl (C=O) groups excluding carboxylic acids is 4. The van der Waals surface area contributed by atoms with Crippen LogP contribution in [-0.4, -0.2) is 124 Å². The minimum absolute atomic E-state index is 0.000331. The molecule has 3 aliphatic heterocycles. The number of likely N-dealkylation sites (tertiary alicyclic amines) is 2. The molecule has 4 aromatic carbocycles. The lowest BCUT2D eigenvalue weighted by Gasteiger charge is -2.47. The van der Waals surface area contributed by atoms with E-state index >= 15 is 0 Å². The quantitative estimate of drug-likeness (QED) is 0.0494. The third kappa shape index (κ3) is 11.4. The van der Waals surface area contributed by atoms with Gasteiger partial charge in [-0.2, -0.15) is 0 Å². The third-order valence-electron chi connectivity index (χ3n) is 14.8. The summed E-state index contributed by atoms with van der Waals surface area (Å²) in [4.78, 5) is 67.5. The number of benzene rings is 4. The Morgan fingerprint density at radius 2 is 1.50 bits per heavy atom. The van der Waals surface area contributed by atoms with Crippen LogP contribution in [0.1, 0.15) is 80.1 Å². The molecular formula is C56H64N6O8S2. The van der Waals surface area contributed by atoms with Gasteiger partial charge in [-0.15, -0.1) is 22.7 Å². The number of phenolic OH excluding ortho intramolecular Hbond substituents is 2. The maximum atomic E-state index is 14.2. The fourth-order valence-electron chi connectivity index (χ4n) is 10.4. The molecule has 5 heterocycles. The number of aliphatic hydroxyl groups is 1. The first-order valence-electron chi connectivity index (χ1n) is 24.8. The van der Waals surface area contributed by atoms with Crippen molar-refractivity contribution in [2.24, 2.45) is 10.8 Å². The number of phenols is 2. The van der Waals surface area contributed by atoms with Crippen LogP contribution in [0.5, 0.6) is 11.5 Å². The maximum absolute atomic E-state index is 14.2. The largest absolute Gasteiger partial charge is 0.508 e. The third-order valence-corrected chi connectivity index (χ3v) is 16.9. The summed E-state index contributed by atoms with van der Waals surface area (Å²) in [5.74, 6) is -0.974. The molecule has 2 aromatic heterocycles. The number of ketones is 1. The number of aryl methyl sites for hydroxylation is 1. The molecule has 378 valence electrons. The van der Waals surface area contributed by atoms with Gasteiger partial charge >= 0.3 is 0 Å². The van der Waals surface area contributed by atoms with Gasteiger partial charge in [-0.3, -0.25) is 19.2 Å². The number of nitrogens with one attached hydrogen (secondary N) is 2. The van der Waals surface area contributed by atoms with Gasteiger partial charge in [0.05, 0.1) is 28.8 Å². The Kier molecular flexibility index (Phi) is 15.2. The second kappa shape index (κ2) is 21.5. The molecule has 3 aliphatic rings. The minimum Gasteiger partial charge on any atom is -0.508 e. The molecule has 14 nitrogen and oxygen atoms in total. The summed E-state index contributed by atoms with van der Waals surface area (Å²) in [6.07, 6.45) is 3.59. The van der Waals surface area contributed by atoms with Crippen molar-refractivity contribution in [3.8, 4) is 32.4 Å². The molecule has 3 fully saturated rings. The molecule has 3 amide bonds. The number of piperidine rings is 2. The van der Waals surface area contributed by atoms with E-state index in [1.165, 1.54) is 16.2 Å². The summed E-state index contributed by atoms with van der Waals surface area (Å²) in [7, 11) is 0.